The van der Waals surface area contributed by atoms with Crippen LogP contribution in [0.1, 0.15) is 40.1 Å². The third kappa shape index (κ3) is 3.45. The van der Waals surface area contributed by atoms with Crippen molar-refractivity contribution in [2.45, 2.75) is 32.2 Å². The molecule has 0 saturated carbocycles. The summed E-state index contributed by atoms with van der Waals surface area (Å²) in [5.41, 5.74) is 4.98. The van der Waals surface area contributed by atoms with Crippen LogP contribution in [0.4, 0.5) is 0 Å². The van der Waals surface area contributed by atoms with Gasteiger partial charge in [-0.05, 0) is 61.1 Å². The normalized spacial score (nSPS) is 13.3. The number of hydrogen-bond acceptors (Lipinski definition) is 4. The minimum atomic E-state index is -0.0901. The zero-order valence-electron chi connectivity index (χ0n) is 13.9. The molecule has 126 valence electrons. The van der Waals surface area contributed by atoms with Crippen molar-refractivity contribution < 1.29 is 9.32 Å². The van der Waals surface area contributed by atoms with E-state index in [-0.39, 0.29) is 5.91 Å². The first-order chi connectivity index (χ1) is 12.3. The van der Waals surface area contributed by atoms with Crippen molar-refractivity contribution in [2.24, 2.45) is 0 Å². The van der Waals surface area contributed by atoms with Crippen molar-refractivity contribution in [1.29, 1.82) is 0 Å². The van der Waals surface area contributed by atoms with Crippen LogP contribution in [-0.2, 0) is 19.4 Å². The summed E-state index contributed by atoms with van der Waals surface area (Å²) in [5.74, 6) is 0.526. The number of fused-ring (bicyclic) bond motifs is 1. The lowest BCUT2D eigenvalue weighted by Crippen LogP contribution is -2.23. The number of hydrogen-bond donors (Lipinski definition) is 1. The number of aromatic nitrogens is 2. The van der Waals surface area contributed by atoms with Crippen molar-refractivity contribution in [3.8, 4) is 11.3 Å². The molecule has 0 bridgehead atoms. The highest BCUT2D eigenvalue weighted by Gasteiger charge is 2.13. The number of nitrogens with one attached hydrogen (secondary N) is 1. The van der Waals surface area contributed by atoms with E-state index in [1.807, 2.05) is 30.3 Å². The lowest BCUT2D eigenvalue weighted by atomic mass is 9.90. The van der Waals surface area contributed by atoms with Gasteiger partial charge in [0.15, 0.2) is 5.76 Å². The van der Waals surface area contributed by atoms with Gasteiger partial charge in [-0.25, -0.2) is 0 Å². The molecule has 0 fully saturated rings. The maximum Gasteiger partial charge on any atom is 0.251 e. The summed E-state index contributed by atoms with van der Waals surface area (Å²) in [6, 6.07) is 11.6. The van der Waals surface area contributed by atoms with E-state index in [0.717, 1.165) is 18.4 Å². The van der Waals surface area contributed by atoms with Crippen LogP contribution in [-0.4, -0.2) is 16.0 Å². The van der Waals surface area contributed by atoms with E-state index in [4.69, 9.17) is 4.52 Å². The molecule has 3 aromatic rings. The molecule has 1 amide bonds. The van der Waals surface area contributed by atoms with Gasteiger partial charge < -0.3 is 9.84 Å². The van der Waals surface area contributed by atoms with E-state index in [2.05, 4.69) is 21.5 Å². The predicted molar refractivity (Wildman–Crippen MR) is 94.0 cm³/mol. The standard InChI is InChI=1S/C20H19N3O2/c24-20(16-8-7-14-4-1-2-5-15(14)10-16)22-13-18-11-19(23-25-18)17-6-3-9-21-12-17/h3,6-12H,1-2,4-5,13H2,(H,22,24). The number of amides is 1. The molecule has 5 heteroatoms. The average molecular weight is 333 g/mol. The van der Waals surface area contributed by atoms with E-state index >= 15 is 0 Å². The molecule has 4 rings (SSSR count). The Bertz CT molecular complexity index is 887. The van der Waals surface area contributed by atoms with Gasteiger partial charge in [0.1, 0.15) is 5.69 Å². The lowest BCUT2D eigenvalue weighted by molar-refractivity contribution is 0.0947. The zero-order valence-corrected chi connectivity index (χ0v) is 13.9. The van der Waals surface area contributed by atoms with Gasteiger partial charge in [-0.1, -0.05) is 11.2 Å². The van der Waals surface area contributed by atoms with Crippen LogP contribution in [0.15, 0.2) is 53.3 Å². The SMILES string of the molecule is O=C(NCc1cc(-c2cccnc2)no1)c1ccc2c(c1)CCCC2. The van der Waals surface area contributed by atoms with Crippen LogP contribution in [0, 0.1) is 0 Å². The first-order valence-electron chi connectivity index (χ1n) is 8.55. The van der Waals surface area contributed by atoms with Gasteiger partial charge in [-0.2, -0.15) is 0 Å². The number of carbonyl (C=O) groups excluding carboxylic acids is 1. The maximum atomic E-state index is 12.4. The third-order valence-corrected chi connectivity index (χ3v) is 4.55. The Hall–Kier alpha value is -2.95. The molecule has 2 aromatic heterocycles. The highest BCUT2D eigenvalue weighted by molar-refractivity contribution is 5.94. The molecule has 5 nitrogen and oxygen atoms in total. The van der Waals surface area contributed by atoms with Crippen LogP contribution >= 0.6 is 0 Å². The van der Waals surface area contributed by atoms with Gasteiger partial charge in [0.2, 0.25) is 0 Å². The smallest absolute Gasteiger partial charge is 0.251 e. The lowest BCUT2D eigenvalue weighted by Gasteiger charge is -2.16. The van der Waals surface area contributed by atoms with Gasteiger partial charge in [-0.3, -0.25) is 9.78 Å². The average Bonchev–Trinajstić information content (AvgIpc) is 3.15. The summed E-state index contributed by atoms with van der Waals surface area (Å²) < 4.78 is 5.30. The molecule has 0 unspecified atom stereocenters. The van der Waals surface area contributed by atoms with Crippen molar-refractivity contribution in [1.82, 2.24) is 15.5 Å². The van der Waals surface area contributed by atoms with E-state index in [1.165, 1.54) is 24.0 Å². The monoisotopic (exact) mass is 333 g/mol. The van der Waals surface area contributed by atoms with Crippen LogP contribution in [0.5, 0.6) is 0 Å². The van der Waals surface area contributed by atoms with Gasteiger partial charge in [0.25, 0.3) is 5.91 Å². The van der Waals surface area contributed by atoms with Gasteiger partial charge in [0.05, 0.1) is 6.54 Å². The molecule has 0 radical (unpaired) electrons. The Morgan fingerprint density at radius 1 is 1.12 bits per heavy atom. The highest BCUT2D eigenvalue weighted by Crippen LogP contribution is 2.22. The van der Waals surface area contributed by atoms with Crippen molar-refractivity contribution in [2.75, 3.05) is 0 Å². The van der Waals surface area contributed by atoms with Crippen molar-refractivity contribution in [3.63, 3.8) is 0 Å². The summed E-state index contributed by atoms with van der Waals surface area (Å²) in [5, 5.41) is 6.93. The van der Waals surface area contributed by atoms with Crippen LogP contribution in [0.2, 0.25) is 0 Å². The zero-order chi connectivity index (χ0) is 17.1. The molecule has 0 saturated heterocycles. The number of pyridine rings is 1. The van der Waals surface area contributed by atoms with Gasteiger partial charge in [-0.15, -0.1) is 0 Å². The Labute approximate surface area is 146 Å². The Morgan fingerprint density at radius 3 is 2.84 bits per heavy atom. The fourth-order valence-corrected chi connectivity index (χ4v) is 3.19. The molecule has 0 atom stereocenters. The quantitative estimate of drug-likeness (QED) is 0.793. The summed E-state index contributed by atoms with van der Waals surface area (Å²) in [6.07, 6.45) is 8.06. The molecule has 0 aliphatic heterocycles. The number of carbonyl (C=O) groups is 1. The van der Waals surface area contributed by atoms with Crippen LogP contribution < -0.4 is 5.32 Å². The van der Waals surface area contributed by atoms with Gasteiger partial charge >= 0.3 is 0 Å². The van der Waals surface area contributed by atoms with Crippen molar-refractivity contribution >= 4 is 5.91 Å². The largest absolute Gasteiger partial charge is 0.359 e. The summed E-state index contributed by atoms with van der Waals surface area (Å²) in [4.78, 5) is 16.5. The second-order valence-corrected chi connectivity index (χ2v) is 6.29. The molecular weight excluding hydrogens is 314 g/mol. The minimum absolute atomic E-state index is 0.0901. The predicted octanol–water partition coefficient (Wildman–Crippen LogP) is 3.55. The van der Waals surface area contributed by atoms with Crippen LogP contribution in [0.3, 0.4) is 0 Å². The van der Waals surface area contributed by atoms with E-state index in [9.17, 15) is 4.79 Å². The molecule has 1 aliphatic rings. The molecule has 1 aliphatic carbocycles. The molecule has 1 N–H and O–H groups in total. The third-order valence-electron chi connectivity index (χ3n) is 4.55. The Balaban J connectivity index is 1.41. The summed E-state index contributed by atoms with van der Waals surface area (Å²) in [6.45, 7) is 0.309. The fourth-order valence-electron chi connectivity index (χ4n) is 3.19. The first kappa shape index (κ1) is 15.6. The summed E-state index contributed by atoms with van der Waals surface area (Å²) >= 11 is 0. The molecular formula is C20H19N3O2. The number of nitrogens with zero attached hydrogens (tertiary/aromatic N) is 2. The Morgan fingerprint density at radius 2 is 2.00 bits per heavy atom. The number of rotatable bonds is 4. The number of aryl methyl sites for hydroxylation is 2. The molecule has 1 aromatic carbocycles. The van der Waals surface area contributed by atoms with Gasteiger partial charge in [0, 0.05) is 29.6 Å². The number of benzene rings is 1. The van der Waals surface area contributed by atoms with E-state index < -0.39 is 0 Å². The molecule has 2 heterocycles. The van der Waals surface area contributed by atoms with E-state index in [1.54, 1.807) is 12.4 Å². The maximum absolute atomic E-state index is 12.4. The highest BCUT2D eigenvalue weighted by atomic mass is 16.5. The topological polar surface area (TPSA) is 68.0 Å². The molecule has 25 heavy (non-hydrogen) atoms. The Kier molecular flexibility index (Phi) is 4.29. The second-order valence-electron chi connectivity index (χ2n) is 6.29. The van der Waals surface area contributed by atoms with E-state index in [0.29, 0.717) is 23.6 Å². The van der Waals surface area contributed by atoms with Crippen LogP contribution in [0.25, 0.3) is 11.3 Å². The fraction of sp³-hybridized carbons (Fsp3) is 0.250. The second kappa shape index (κ2) is 6.89. The molecule has 0 spiro atoms. The summed E-state index contributed by atoms with van der Waals surface area (Å²) in [7, 11) is 0. The first-order valence-corrected chi connectivity index (χ1v) is 8.55. The van der Waals surface area contributed by atoms with Crippen molar-refractivity contribution in [3.05, 3.63) is 71.2 Å². The minimum Gasteiger partial charge on any atom is -0.359 e.